The Morgan fingerprint density at radius 3 is 2.47 bits per heavy atom. The number of hydrogen-bond acceptors (Lipinski definition) is 5. The molecule has 5 nitrogen and oxygen atoms in total. The minimum Gasteiger partial charge on any atom is -0.496 e. The fraction of sp³-hybridized carbons (Fsp3) is 0.385. The first-order valence-corrected chi connectivity index (χ1v) is 6.66. The Hall–Kier alpha value is -1.69. The van der Waals surface area contributed by atoms with Crippen LogP contribution in [0, 0.1) is 0 Å². The van der Waals surface area contributed by atoms with Crippen LogP contribution in [0.4, 0.5) is 0 Å². The highest BCUT2D eigenvalue weighted by Crippen LogP contribution is 2.30. The van der Waals surface area contributed by atoms with Crippen LogP contribution in [0.25, 0.3) is 11.4 Å². The first kappa shape index (κ1) is 13.7. The van der Waals surface area contributed by atoms with Crippen LogP contribution >= 0.6 is 12.6 Å². The molecule has 0 aliphatic rings. The highest BCUT2D eigenvalue weighted by atomic mass is 32.1. The summed E-state index contributed by atoms with van der Waals surface area (Å²) in [7, 11) is 1.68. The maximum atomic E-state index is 5.86. The Bertz CT molecular complexity index is 569. The number of ether oxygens (including phenoxy) is 1. The molecule has 0 bridgehead atoms. The van der Waals surface area contributed by atoms with Gasteiger partial charge in [-0.2, -0.15) is 0 Å². The number of thiol groups is 1. The summed E-state index contributed by atoms with van der Waals surface area (Å²) in [5, 5.41) is 8.29. The number of rotatable bonds is 4. The molecule has 1 heterocycles. The first-order chi connectivity index (χ1) is 9.12. The van der Waals surface area contributed by atoms with Crippen LogP contribution in [0.5, 0.6) is 5.75 Å². The Labute approximate surface area is 118 Å². The third-order valence-electron chi connectivity index (χ3n) is 3.19. The van der Waals surface area contributed by atoms with Gasteiger partial charge in [0.15, 0.2) is 5.82 Å². The molecule has 0 fully saturated rings. The van der Waals surface area contributed by atoms with E-state index < -0.39 is 0 Å². The predicted molar refractivity (Wildman–Crippen MR) is 78.2 cm³/mol. The number of nitrogens with two attached hydrogens (primary N) is 1. The summed E-state index contributed by atoms with van der Waals surface area (Å²) in [6, 6.07) is 4.03. The summed E-state index contributed by atoms with van der Waals surface area (Å²) in [5.74, 6) is 7.31. The highest BCUT2D eigenvalue weighted by Gasteiger charge is 2.14. The van der Waals surface area contributed by atoms with E-state index in [1.165, 1.54) is 15.8 Å². The first-order valence-electron chi connectivity index (χ1n) is 6.21. The van der Waals surface area contributed by atoms with Crippen molar-refractivity contribution in [1.29, 1.82) is 0 Å². The molecule has 6 heteroatoms. The molecule has 0 amide bonds. The van der Waals surface area contributed by atoms with E-state index in [-0.39, 0.29) is 0 Å². The van der Waals surface area contributed by atoms with Gasteiger partial charge in [-0.05, 0) is 36.1 Å². The van der Waals surface area contributed by atoms with E-state index in [1.54, 1.807) is 7.11 Å². The number of nitrogen functional groups attached to an aromatic ring is 1. The maximum absolute atomic E-state index is 5.86. The standard InChI is InChI=1S/C13H18N4OS/c1-4-8-6-9(7-11(18-3)10(8)5-2)12-15-16-13(19)17(12)14/h6-7H,4-5,14H2,1-3H3,(H,16,19). The zero-order chi connectivity index (χ0) is 14.0. The third-order valence-corrected chi connectivity index (χ3v) is 3.50. The normalized spacial score (nSPS) is 10.7. The largest absolute Gasteiger partial charge is 0.496 e. The lowest BCUT2D eigenvalue weighted by Gasteiger charge is -2.14. The molecule has 2 N–H and O–H groups in total. The van der Waals surface area contributed by atoms with Gasteiger partial charge in [-0.25, -0.2) is 4.68 Å². The maximum Gasteiger partial charge on any atom is 0.206 e. The summed E-state index contributed by atoms with van der Waals surface area (Å²) in [6.07, 6.45) is 1.86. The molecule has 0 radical (unpaired) electrons. The van der Waals surface area contributed by atoms with Gasteiger partial charge in [0.05, 0.1) is 7.11 Å². The quantitative estimate of drug-likeness (QED) is 0.664. The number of aryl methyl sites for hydroxylation is 1. The van der Waals surface area contributed by atoms with Crippen molar-refractivity contribution in [3.63, 3.8) is 0 Å². The number of nitrogens with zero attached hydrogens (tertiary/aromatic N) is 3. The van der Waals surface area contributed by atoms with Crippen molar-refractivity contribution in [3.05, 3.63) is 23.3 Å². The SMILES string of the molecule is CCc1cc(-c2nnc(S)n2N)cc(OC)c1CC. The van der Waals surface area contributed by atoms with Crippen molar-refractivity contribution < 1.29 is 4.74 Å². The summed E-state index contributed by atoms with van der Waals surface area (Å²) in [5.41, 5.74) is 3.35. The van der Waals surface area contributed by atoms with Crippen LogP contribution in [0.1, 0.15) is 25.0 Å². The van der Waals surface area contributed by atoms with Crippen LogP contribution in [0.15, 0.2) is 17.3 Å². The van der Waals surface area contributed by atoms with Crippen molar-refractivity contribution in [1.82, 2.24) is 14.9 Å². The Morgan fingerprint density at radius 2 is 2.00 bits per heavy atom. The van der Waals surface area contributed by atoms with E-state index in [1.807, 2.05) is 6.07 Å². The third kappa shape index (κ3) is 2.40. The van der Waals surface area contributed by atoms with Crippen molar-refractivity contribution >= 4 is 12.6 Å². The highest BCUT2D eigenvalue weighted by molar-refractivity contribution is 7.80. The zero-order valence-corrected chi connectivity index (χ0v) is 12.2. The van der Waals surface area contributed by atoms with E-state index in [9.17, 15) is 0 Å². The molecule has 0 saturated carbocycles. The van der Waals surface area contributed by atoms with Crippen LogP contribution in [0.3, 0.4) is 0 Å². The van der Waals surface area contributed by atoms with E-state index in [0.717, 1.165) is 24.2 Å². The van der Waals surface area contributed by atoms with Gasteiger partial charge in [-0.1, -0.05) is 13.8 Å². The molecule has 0 saturated heterocycles. The molecule has 102 valence electrons. The molecular weight excluding hydrogens is 260 g/mol. The molecule has 19 heavy (non-hydrogen) atoms. The Balaban J connectivity index is 2.62. The topological polar surface area (TPSA) is 66.0 Å². The van der Waals surface area contributed by atoms with Gasteiger partial charge >= 0.3 is 0 Å². The molecule has 0 unspecified atom stereocenters. The van der Waals surface area contributed by atoms with Gasteiger partial charge < -0.3 is 10.6 Å². The van der Waals surface area contributed by atoms with Crippen LogP contribution < -0.4 is 10.6 Å². The van der Waals surface area contributed by atoms with Gasteiger partial charge in [0.1, 0.15) is 5.75 Å². The molecule has 0 aliphatic carbocycles. The minimum absolute atomic E-state index is 0.381. The van der Waals surface area contributed by atoms with Crippen molar-refractivity contribution in [2.75, 3.05) is 13.0 Å². The van der Waals surface area contributed by atoms with Crippen LogP contribution in [-0.4, -0.2) is 22.0 Å². The Morgan fingerprint density at radius 1 is 1.26 bits per heavy atom. The second-order valence-corrected chi connectivity index (χ2v) is 4.62. The molecular formula is C13H18N4OS. The number of benzene rings is 1. The second-order valence-electron chi connectivity index (χ2n) is 4.22. The van der Waals surface area contributed by atoms with E-state index in [4.69, 9.17) is 10.6 Å². The molecule has 2 aromatic rings. The number of aromatic nitrogens is 3. The summed E-state index contributed by atoms with van der Waals surface area (Å²) >= 11 is 4.14. The lowest BCUT2D eigenvalue weighted by Crippen LogP contribution is -2.11. The lowest BCUT2D eigenvalue weighted by molar-refractivity contribution is 0.409. The van der Waals surface area contributed by atoms with Gasteiger partial charge in [0.25, 0.3) is 0 Å². The molecule has 0 atom stereocenters. The Kier molecular flexibility index (Phi) is 3.99. The predicted octanol–water partition coefficient (Wildman–Crippen LogP) is 2.08. The van der Waals surface area contributed by atoms with Crippen molar-refractivity contribution in [2.45, 2.75) is 31.8 Å². The molecule has 1 aromatic heterocycles. The van der Waals surface area contributed by atoms with E-state index in [0.29, 0.717) is 11.0 Å². The van der Waals surface area contributed by atoms with Gasteiger partial charge in [-0.15, -0.1) is 22.8 Å². The zero-order valence-electron chi connectivity index (χ0n) is 11.3. The van der Waals surface area contributed by atoms with Gasteiger partial charge in [-0.3, -0.25) is 0 Å². The summed E-state index contributed by atoms with van der Waals surface area (Å²) in [6.45, 7) is 4.24. The van der Waals surface area contributed by atoms with Gasteiger partial charge in [0.2, 0.25) is 5.16 Å². The van der Waals surface area contributed by atoms with Gasteiger partial charge in [0, 0.05) is 5.56 Å². The molecule has 1 aromatic carbocycles. The molecule has 0 spiro atoms. The van der Waals surface area contributed by atoms with Crippen LogP contribution in [-0.2, 0) is 12.8 Å². The molecule has 0 aliphatic heterocycles. The monoisotopic (exact) mass is 278 g/mol. The average molecular weight is 278 g/mol. The summed E-state index contributed by atoms with van der Waals surface area (Å²) in [4.78, 5) is 0. The van der Waals surface area contributed by atoms with Crippen molar-refractivity contribution in [2.24, 2.45) is 0 Å². The van der Waals surface area contributed by atoms with E-state index >= 15 is 0 Å². The smallest absolute Gasteiger partial charge is 0.206 e. The lowest BCUT2D eigenvalue weighted by atomic mass is 9.98. The number of hydrogen-bond donors (Lipinski definition) is 2. The molecule has 2 rings (SSSR count). The fourth-order valence-corrected chi connectivity index (χ4v) is 2.35. The summed E-state index contributed by atoms with van der Waals surface area (Å²) < 4.78 is 6.83. The fourth-order valence-electron chi connectivity index (χ4n) is 2.21. The van der Waals surface area contributed by atoms with Crippen molar-refractivity contribution in [3.8, 4) is 17.1 Å². The average Bonchev–Trinajstić information content (AvgIpc) is 2.77. The minimum atomic E-state index is 0.381. The number of methoxy groups -OCH3 is 1. The second kappa shape index (κ2) is 5.52. The van der Waals surface area contributed by atoms with E-state index in [2.05, 4.69) is 42.7 Å². The van der Waals surface area contributed by atoms with Crippen LogP contribution in [0.2, 0.25) is 0 Å².